The van der Waals surface area contributed by atoms with Crippen LogP contribution in [0.5, 0.6) is 0 Å². The first-order chi connectivity index (χ1) is 13.0. The quantitative estimate of drug-likeness (QED) is 0.585. The van der Waals surface area contributed by atoms with Gasteiger partial charge in [-0.1, -0.05) is 62.4 Å². The second kappa shape index (κ2) is 11.4. The maximum absolute atomic E-state index is 12.4. The van der Waals surface area contributed by atoms with Crippen LogP contribution in [0, 0.1) is 5.92 Å². The number of carbonyl (C=O) groups excluding carboxylic acids is 3. The highest BCUT2D eigenvalue weighted by Crippen LogP contribution is 2.27. The second-order valence-electron chi connectivity index (χ2n) is 7.36. The molecule has 1 aromatic rings. The molecule has 0 radical (unpaired) electrons. The fourth-order valence-electron chi connectivity index (χ4n) is 3.59. The van der Waals surface area contributed by atoms with E-state index in [-0.39, 0.29) is 18.2 Å². The number of nitrogens with one attached hydrogen (secondary N) is 2. The van der Waals surface area contributed by atoms with Crippen LogP contribution >= 0.6 is 0 Å². The Morgan fingerprint density at radius 3 is 2.44 bits per heavy atom. The fraction of sp³-hybridized carbons (Fsp3) is 0.571. The first kappa shape index (κ1) is 20.9. The molecule has 0 aromatic heterocycles. The van der Waals surface area contributed by atoms with Crippen molar-refractivity contribution >= 4 is 17.7 Å². The Morgan fingerprint density at radius 2 is 1.78 bits per heavy atom. The lowest BCUT2D eigenvalue weighted by Gasteiger charge is -2.22. The smallest absolute Gasteiger partial charge is 0.243 e. The number of amides is 3. The van der Waals surface area contributed by atoms with Crippen molar-refractivity contribution in [3.8, 4) is 0 Å². The first-order valence-corrected chi connectivity index (χ1v) is 9.94. The molecule has 1 atom stereocenters. The van der Waals surface area contributed by atoms with Crippen LogP contribution in [0.1, 0.15) is 56.9 Å². The van der Waals surface area contributed by atoms with Crippen LogP contribution in [0.15, 0.2) is 30.3 Å². The summed E-state index contributed by atoms with van der Waals surface area (Å²) in [5.41, 5.74) is 6.36. The van der Waals surface area contributed by atoms with Gasteiger partial charge in [0, 0.05) is 13.0 Å². The Balaban J connectivity index is 1.77. The molecule has 0 spiro atoms. The molecule has 6 heteroatoms. The van der Waals surface area contributed by atoms with E-state index in [4.69, 9.17) is 5.73 Å². The van der Waals surface area contributed by atoms with Crippen molar-refractivity contribution in [3.63, 3.8) is 0 Å². The van der Waals surface area contributed by atoms with Crippen LogP contribution in [0.3, 0.4) is 0 Å². The van der Waals surface area contributed by atoms with Crippen molar-refractivity contribution in [2.24, 2.45) is 11.7 Å². The summed E-state index contributed by atoms with van der Waals surface area (Å²) >= 11 is 0. The van der Waals surface area contributed by atoms with Crippen LogP contribution in [0.25, 0.3) is 0 Å². The van der Waals surface area contributed by atoms with E-state index in [1.54, 1.807) is 0 Å². The zero-order valence-electron chi connectivity index (χ0n) is 15.9. The van der Waals surface area contributed by atoms with E-state index in [2.05, 4.69) is 10.6 Å². The molecule has 1 aliphatic carbocycles. The predicted octanol–water partition coefficient (Wildman–Crippen LogP) is 2.07. The van der Waals surface area contributed by atoms with Gasteiger partial charge >= 0.3 is 0 Å². The zero-order chi connectivity index (χ0) is 19.5. The van der Waals surface area contributed by atoms with Crippen LogP contribution in [0.4, 0.5) is 0 Å². The van der Waals surface area contributed by atoms with Gasteiger partial charge in [-0.25, -0.2) is 0 Å². The number of primary amides is 1. The van der Waals surface area contributed by atoms with Gasteiger partial charge in [0.2, 0.25) is 17.7 Å². The summed E-state index contributed by atoms with van der Waals surface area (Å²) in [7, 11) is 0. The molecule has 0 saturated heterocycles. The maximum atomic E-state index is 12.4. The van der Waals surface area contributed by atoms with E-state index in [0.29, 0.717) is 25.3 Å². The summed E-state index contributed by atoms with van der Waals surface area (Å²) in [6, 6.07) is 8.89. The molecule has 0 bridgehead atoms. The Bertz CT molecular complexity index is 612. The number of benzene rings is 1. The lowest BCUT2D eigenvalue weighted by molar-refractivity contribution is -0.131. The number of nitrogens with two attached hydrogens (primary N) is 1. The first-order valence-electron chi connectivity index (χ1n) is 9.94. The minimum absolute atomic E-state index is 0.188. The Labute approximate surface area is 161 Å². The third-order valence-corrected chi connectivity index (χ3v) is 5.12. The van der Waals surface area contributed by atoms with Gasteiger partial charge in [-0.15, -0.1) is 0 Å². The van der Waals surface area contributed by atoms with Gasteiger partial charge in [0.25, 0.3) is 0 Å². The Kier molecular flexibility index (Phi) is 8.81. The molecular weight excluding hydrogens is 342 g/mol. The number of hydrogen-bond donors (Lipinski definition) is 3. The highest BCUT2D eigenvalue weighted by atomic mass is 16.2. The average Bonchev–Trinajstić information content (AvgIpc) is 2.67. The molecular formula is C21H31N3O3. The SMILES string of the molecule is NC(=O)C[C@@H](NC(=O)CCC1CCCCC1)C(=O)NCCc1ccccc1. The Hall–Kier alpha value is -2.37. The molecule has 1 saturated carbocycles. The molecule has 0 aliphatic heterocycles. The van der Waals surface area contributed by atoms with Crippen molar-refractivity contribution in [3.05, 3.63) is 35.9 Å². The van der Waals surface area contributed by atoms with Gasteiger partial charge in [0.1, 0.15) is 6.04 Å². The minimum Gasteiger partial charge on any atom is -0.370 e. The van der Waals surface area contributed by atoms with E-state index >= 15 is 0 Å². The molecule has 148 valence electrons. The van der Waals surface area contributed by atoms with E-state index in [1.165, 1.54) is 32.1 Å². The predicted molar refractivity (Wildman–Crippen MR) is 105 cm³/mol. The maximum Gasteiger partial charge on any atom is 0.243 e. The molecule has 1 fully saturated rings. The summed E-state index contributed by atoms with van der Waals surface area (Å²) in [5, 5.41) is 5.47. The summed E-state index contributed by atoms with van der Waals surface area (Å²) < 4.78 is 0. The van der Waals surface area contributed by atoms with Crippen molar-refractivity contribution in [1.29, 1.82) is 0 Å². The molecule has 6 nitrogen and oxygen atoms in total. The molecule has 0 heterocycles. The Morgan fingerprint density at radius 1 is 1.07 bits per heavy atom. The van der Waals surface area contributed by atoms with Gasteiger partial charge in [-0.2, -0.15) is 0 Å². The van der Waals surface area contributed by atoms with Crippen LogP contribution in [0.2, 0.25) is 0 Å². The summed E-state index contributed by atoms with van der Waals surface area (Å²) in [6.45, 7) is 0.441. The standard InChI is InChI=1S/C21H31N3O3/c22-19(25)15-18(21(27)23-14-13-17-9-5-2-6-10-17)24-20(26)12-11-16-7-3-1-4-8-16/h2,5-6,9-10,16,18H,1,3-4,7-8,11-15H2,(H2,22,25)(H,23,27)(H,24,26)/t18-/m1/s1. The highest BCUT2D eigenvalue weighted by molar-refractivity contribution is 5.91. The van der Waals surface area contributed by atoms with Gasteiger partial charge in [0.05, 0.1) is 6.42 Å². The van der Waals surface area contributed by atoms with Crippen molar-refractivity contribution in [2.75, 3.05) is 6.54 Å². The topological polar surface area (TPSA) is 101 Å². The second-order valence-corrected chi connectivity index (χ2v) is 7.36. The van der Waals surface area contributed by atoms with Crippen LogP contribution < -0.4 is 16.4 Å². The highest BCUT2D eigenvalue weighted by Gasteiger charge is 2.23. The molecule has 0 unspecified atom stereocenters. The van der Waals surface area contributed by atoms with E-state index in [9.17, 15) is 14.4 Å². The van der Waals surface area contributed by atoms with Crippen molar-refractivity contribution < 1.29 is 14.4 Å². The lowest BCUT2D eigenvalue weighted by atomic mass is 9.86. The summed E-state index contributed by atoms with van der Waals surface area (Å²) in [6.07, 6.45) is 7.84. The number of hydrogen-bond acceptors (Lipinski definition) is 3. The van der Waals surface area contributed by atoms with E-state index in [0.717, 1.165) is 12.0 Å². The van der Waals surface area contributed by atoms with Crippen molar-refractivity contribution in [1.82, 2.24) is 10.6 Å². The minimum atomic E-state index is -0.905. The van der Waals surface area contributed by atoms with Gasteiger partial charge in [-0.3, -0.25) is 14.4 Å². The van der Waals surface area contributed by atoms with Crippen LogP contribution in [-0.2, 0) is 20.8 Å². The molecule has 2 rings (SSSR count). The van der Waals surface area contributed by atoms with Gasteiger partial charge in [0.15, 0.2) is 0 Å². The molecule has 3 amide bonds. The van der Waals surface area contributed by atoms with Crippen molar-refractivity contribution in [2.45, 2.75) is 63.8 Å². The monoisotopic (exact) mass is 373 g/mol. The number of carbonyl (C=O) groups is 3. The van der Waals surface area contributed by atoms with Crippen LogP contribution in [-0.4, -0.2) is 30.3 Å². The van der Waals surface area contributed by atoms with E-state index in [1.807, 2.05) is 30.3 Å². The third-order valence-electron chi connectivity index (χ3n) is 5.12. The summed E-state index contributed by atoms with van der Waals surface area (Å²) in [4.78, 5) is 35.9. The fourth-order valence-corrected chi connectivity index (χ4v) is 3.59. The molecule has 1 aromatic carbocycles. The average molecular weight is 373 g/mol. The summed E-state index contributed by atoms with van der Waals surface area (Å²) in [5.74, 6) is -0.564. The van der Waals surface area contributed by atoms with Gasteiger partial charge in [-0.05, 0) is 24.3 Å². The largest absolute Gasteiger partial charge is 0.370 e. The molecule has 27 heavy (non-hydrogen) atoms. The van der Waals surface area contributed by atoms with Gasteiger partial charge < -0.3 is 16.4 Å². The normalized spacial score (nSPS) is 15.7. The zero-order valence-corrected chi connectivity index (χ0v) is 15.9. The lowest BCUT2D eigenvalue weighted by Crippen LogP contribution is -2.49. The molecule has 4 N–H and O–H groups in total. The number of rotatable bonds is 10. The van der Waals surface area contributed by atoms with E-state index < -0.39 is 11.9 Å². The molecule has 1 aliphatic rings. The third kappa shape index (κ3) is 8.24.